The molecule has 1 atom stereocenters. The highest BCUT2D eigenvalue weighted by atomic mass is 16.5. The molecule has 1 aromatic rings. The topological polar surface area (TPSA) is 104 Å². The van der Waals surface area contributed by atoms with Crippen molar-refractivity contribution in [1.82, 2.24) is 10.6 Å². The molecule has 0 aromatic heterocycles. The van der Waals surface area contributed by atoms with Gasteiger partial charge in [-0.2, -0.15) is 5.26 Å². The first-order chi connectivity index (χ1) is 14.9. The molecule has 2 fully saturated rings. The van der Waals surface area contributed by atoms with Crippen LogP contribution >= 0.6 is 0 Å². The fraction of sp³-hybridized carbons (Fsp3) is 0.609. The van der Waals surface area contributed by atoms with Gasteiger partial charge in [0.25, 0.3) is 5.91 Å². The highest BCUT2D eigenvalue weighted by Gasteiger charge is 2.36. The summed E-state index contributed by atoms with van der Waals surface area (Å²) in [5.74, 6) is -0.421. The molecule has 31 heavy (non-hydrogen) atoms. The molecule has 2 amide bonds. The van der Waals surface area contributed by atoms with Gasteiger partial charge in [-0.15, -0.1) is 0 Å². The average Bonchev–Trinajstić information content (AvgIpc) is 2.79. The number of rotatable bonds is 7. The van der Waals surface area contributed by atoms with Gasteiger partial charge in [0.05, 0.1) is 19.3 Å². The number of hydrogen-bond acceptors (Lipinski definition) is 6. The third-order valence-electron chi connectivity index (χ3n) is 5.76. The summed E-state index contributed by atoms with van der Waals surface area (Å²) in [6.45, 7) is 7.92. The highest BCUT2D eigenvalue weighted by Crippen LogP contribution is 2.21. The number of carbonyl (C=O) groups is 2. The Labute approximate surface area is 183 Å². The minimum atomic E-state index is -0.935. The van der Waals surface area contributed by atoms with E-state index < -0.39 is 11.6 Å². The van der Waals surface area contributed by atoms with Crippen LogP contribution in [0.1, 0.15) is 43.5 Å². The van der Waals surface area contributed by atoms with Crippen molar-refractivity contribution in [3.05, 3.63) is 29.8 Å². The Hall–Kier alpha value is -2.63. The Morgan fingerprint density at radius 3 is 2.29 bits per heavy atom. The lowest BCUT2D eigenvalue weighted by molar-refractivity contribution is -0.125. The maximum atomic E-state index is 13.0. The van der Waals surface area contributed by atoms with Crippen LogP contribution in [0.25, 0.3) is 0 Å². The van der Waals surface area contributed by atoms with Crippen molar-refractivity contribution < 1.29 is 19.1 Å². The second-order valence-corrected chi connectivity index (χ2v) is 8.60. The number of carbonyl (C=O) groups excluding carboxylic acids is 2. The zero-order valence-corrected chi connectivity index (χ0v) is 18.4. The number of hydrogen-bond donors (Lipinski definition) is 2. The minimum absolute atomic E-state index is 0.201. The zero-order chi connectivity index (χ0) is 22.3. The molecule has 2 heterocycles. The van der Waals surface area contributed by atoms with Gasteiger partial charge in [0, 0.05) is 50.4 Å². The van der Waals surface area contributed by atoms with Crippen molar-refractivity contribution in [2.24, 2.45) is 5.92 Å². The van der Waals surface area contributed by atoms with E-state index >= 15 is 0 Å². The Morgan fingerprint density at radius 1 is 1.10 bits per heavy atom. The van der Waals surface area contributed by atoms with E-state index in [9.17, 15) is 14.9 Å². The predicted octanol–water partition coefficient (Wildman–Crippen LogP) is 1.86. The predicted molar refractivity (Wildman–Crippen MR) is 117 cm³/mol. The molecule has 2 saturated heterocycles. The first-order valence-corrected chi connectivity index (χ1v) is 11.0. The van der Waals surface area contributed by atoms with Crippen molar-refractivity contribution in [2.45, 2.75) is 44.7 Å². The van der Waals surface area contributed by atoms with Crippen LogP contribution in [0.2, 0.25) is 0 Å². The first kappa shape index (κ1) is 23.0. The first-order valence-electron chi connectivity index (χ1n) is 11.0. The van der Waals surface area contributed by atoms with Crippen LogP contribution < -0.4 is 15.5 Å². The van der Waals surface area contributed by atoms with Gasteiger partial charge in [0.2, 0.25) is 5.91 Å². The van der Waals surface area contributed by atoms with Crippen LogP contribution in [0.4, 0.5) is 5.69 Å². The molecule has 168 valence electrons. The van der Waals surface area contributed by atoms with Gasteiger partial charge in [-0.3, -0.25) is 9.59 Å². The van der Waals surface area contributed by atoms with Crippen LogP contribution in [-0.2, 0) is 14.3 Å². The summed E-state index contributed by atoms with van der Waals surface area (Å²) in [5, 5.41) is 15.4. The Morgan fingerprint density at radius 2 is 1.71 bits per heavy atom. The van der Waals surface area contributed by atoms with E-state index in [1.54, 1.807) is 12.1 Å². The second-order valence-electron chi connectivity index (χ2n) is 8.60. The van der Waals surface area contributed by atoms with Crippen LogP contribution in [-0.4, -0.2) is 62.9 Å². The standard InChI is InChI=1S/C23H32N4O4/c1-17(2)15-20(22(29)26-23(16-24)7-11-30-12-8-23)25-21(28)18-3-5-19(6-4-18)27-9-13-31-14-10-27/h3-6,17,20H,7-15H2,1-2H3,(H,25,28)(H,26,29)/t20-/m0/s1. The van der Waals surface area contributed by atoms with Gasteiger partial charge in [0.15, 0.2) is 0 Å². The molecule has 0 aliphatic carbocycles. The molecule has 0 bridgehead atoms. The molecule has 8 nitrogen and oxygen atoms in total. The molecule has 8 heteroatoms. The van der Waals surface area contributed by atoms with Crippen LogP contribution in [0.15, 0.2) is 24.3 Å². The minimum Gasteiger partial charge on any atom is -0.381 e. The van der Waals surface area contributed by atoms with Crippen LogP contribution in [0.3, 0.4) is 0 Å². The van der Waals surface area contributed by atoms with Crippen molar-refractivity contribution in [3.63, 3.8) is 0 Å². The maximum Gasteiger partial charge on any atom is 0.251 e. The molecule has 0 saturated carbocycles. The maximum absolute atomic E-state index is 13.0. The number of nitriles is 1. The molecule has 3 rings (SSSR count). The number of benzene rings is 1. The number of nitrogens with zero attached hydrogens (tertiary/aromatic N) is 2. The van der Waals surface area contributed by atoms with E-state index in [1.807, 2.05) is 26.0 Å². The van der Waals surface area contributed by atoms with E-state index in [0.717, 1.165) is 18.8 Å². The zero-order valence-electron chi connectivity index (χ0n) is 18.4. The molecule has 2 aliphatic heterocycles. The van der Waals surface area contributed by atoms with Crippen molar-refractivity contribution in [2.75, 3.05) is 44.4 Å². The SMILES string of the molecule is CC(C)C[C@H](NC(=O)c1ccc(N2CCOCC2)cc1)C(=O)NC1(C#N)CCOCC1. The summed E-state index contributed by atoms with van der Waals surface area (Å²) in [6.07, 6.45) is 1.38. The van der Waals surface area contributed by atoms with Crippen molar-refractivity contribution >= 4 is 17.5 Å². The summed E-state index contributed by atoms with van der Waals surface area (Å²) in [5.41, 5.74) is 0.612. The fourth-order valence-electron chi connectivity index (χ4n) is 3.90. The number of anilines is 1. The molecule has 1 aromatic carbocycles. The lowest BCUT2D eigenvalue weighted by Gasteiger charge is -2.33. The second kappa shape index (κ2) is 10.6. The number of morpholine rings is 1. The number of ether oxygens (including phenoxy) is 2. The molecule has 0 unspecified atom stereocenters. The van der Waals surface area contributed by atoms with Crippen molar-refractivity contribution in [1.29, 1.82) is 5.26 Å². The van der Waals surface area contributed by atoms with E-state index in [-0.39, 0.29) is 17.7 Å². The largest absolute Gasteiger partial charge is 0.381 e. The quantitative estimate of drug-likeness (QED) is 0.687. The summed E-state index contributed by atoms with van der Waals surface area (Å²) in [7, 11) is 0. The van der Waals surface area contributed by atoms with Gasteiger partial charge in [-0.25, -0.2) is 0 Å². The summed E-state index contributed by atoms with van der Waals surface area (Å²) >= 11 is 0. The van der Waals surface area contributed by atoms with E-state index in [2.05, 4.69) is 21.6 Å². The van der Waals surface area contributed by atoms with Gasteiger partial charge in [0.1, 0.15) is 11.6 Å². The Balaban J connectivity index is 1.66. The van der Waals surface area contributed by atoms with Gasteiger partial charge >= 0.3 is 0 Å². The lowest BCUT2D eigenvalue weighted by atomic mass is 9.90. The normalized spacial score (nSPS) is 19.4. The fourth-order valence-corrected chi connectivity index (χ4v) is 3.90. The van der Waals surface area contributed by atoms with Crippen molar-refractivity contribution in [3.8, 4) is 6.07 Å². The average molecular weight is 429 g/mol. The molecule has 0 spiro atoms. The van der Waals surface area contributed by atoms with Gasteiger partial charge in [-0.1, -0.05) is 13.8 Å². The van der Waals surface area contributed by atoms with E-state index in [0.29, 0.717) is 51.3 Å². The highest BCUT2D eigenvalue weighted by molar-refractivity contribution is 5.98. The number of nitrogens with one attached hydrogen (secondary N) is 2. The van der Waals surface area contributed by atoms with E-state index in [4.69, 9.17) is 9.47 Å². The van der Waals surface area contributed by atoms with Crippen LogP contribution in [0.5, 0.6) is 0 Å². The molecule has 2 N–H and O–H groups in total. The third-order valence-corrected chi connectivity index (χ3v) is 5.76. The smallest absolute Gasteiger partial charge is 0.251 e. The molecular formula is C23H32N4O4. The van der Waals surface area contributed by atoms with Gasteiger partial charge in [-0.05, 0) is 36.6 Å². The van der Waals surface area contributed by atoms with Crippen LogP contribution in [0, 0.1) is 17.2 Å². The summed E-state index contributed by atoms with van der Waals surface area (Å²) in [6, 6.07) is 8.93. The summed E-state index contributed by atoms with van der Waals surface area (Å²) < 4.78 is 10.7. The van der Waals surface area contributed by atoms with Gasteiger partial charge < -0.3 is 25.0 Å². The molecule has 0 radical (unpaired) electrons. The monoisotopic (exact) mass is 428 g/mol. The molecule has 2 aliphatic rings. The third kappa shape index (κ3) is 6.18. The lowest BCUT2D eigenvalue weighted by Crippen LogP contribution is -2.57. The Kier molecular flexibility index (Phi) is 7.88. The van der Waals surface area contributed by atoms with E-state index in [1.165, 1.54) is 0 Å². The Bertz CT molecular complexity index is 791. The molecular weight excluding hydrogens is 396 g/mol. The number of amides is 2. The summed E-state index contributed by atoms with van der Waals surface area (Å²) in [4.78, 5) is 28.1.